The first-order chi connectivity index (χ1) is 22.5. The first kappa shape index (κ1) is 30.3. The largest absolute Gasteiger partial charge is 0.416 e. The van der Waals surface area contributed by atoms with Crippen LogP contribution in [-0.4, -0.2) is 23.9 Å². The molecule has 7 nitrogen and oxygen atoms in total. The smallest absolute Gasteiger partial charge is 0.319 e. The Morgan fingerprint density at radius 3 is 2.30 bits per heavy atom. The molecule has 1 aromatic heterocycles. The quantitative estimate of drug-likeness (QED) is 0.141. The van der Waals surface area contributed by atoms with E-state index in [0.717, 1.165) is 34.4 Å². The summed E-state index contributed by atoms with van der Waals surface area (Å²) in [5, 5.41) is 0. The van der Waals surface area contributed by atoms with Crippen LogP contribution in [0.5, 0.6) is 0 Å². The third-order valence-corrected chi connectivity index (χ3v) is 9.44. The summed E-state index contributed by atoms with van der Waals surface area (Å²) in [4.78, 5) is 19.5. The van der Waals surface area contributed by atoms with E-state index in [1.54, 1.807) is 24.3 Å². The standard InChI is InChI=1S/C35H24F4N4O3S/c36-30-11-4-2-7-23(30)20-43-32-19-22(34(44)41-42-47(45,46)25-15-13-24(14-16-25)35(37,38)39)12-17-31(32)40-33(43)28-10-5-9-27-26-8-3-1-6-21(26)18-29(27)28/h1-17,19,42H,18,20H2,(H,41,44). The number of carbonyl (C=O) groups excluding carboxylic acids is 1. The van der Waals surface area contributed by atoms with Gasteiger partial charge in [-0.2, -0.15) is 13.2 Å². The molecular formula is C35H24F4N4O3S. The molecule has 0 atom stereocenters. The molecule has 5 aromatic carbocycles. The summed E-state index contributed by atoms with van der Waals surface area (Å²) in [7, 11) is -4.39. The average Bonchev–Trinajstić information content (AvgIpc) is 3.62. The fraction of sp³-hybridized carbons (Fsp3) is 0.0857. The maximum atomic E-state index is 14.9. The topological polar surface area (TPSA) is 93.1 Å². The second-order valence-corrected chi connectivity index (χ2v) is 12.7. The Bertz CT molecular complexity index is 2300. The molecule has 1 amide bonds. The summed E-state index contributed by atoms with van der Waals surface area (Å²) in [5.74, 6) is -0.648. The second kappa shape index (κ2) is 11.5. The summed E-state index contributed by atoms with van der Waals surface area (Å²) in [6, 6.07) is 28.0. The molecule has 0 spiro atoms. The number of benzene rings is 5. The molecule has 1 aliphatic rings. The van der Waals surface area contributed by atoms with Crippen LogP contribution in [0.2, 0.25) is 0 Å². The first-order valence-corrected chi connectivity index (χ1v) is 15.9. The van der Waals surface area contributed by atoms with Gasteiger partial charge in [-0.25, -0.2) is 17.8 Å². The SMILES string of the molecule is O=C(NNS(=O)(=O)c1ccc(C(F)(F)F)cc1)c1ccc2nc(-c3cccc4c3Cc3ccccc3-4)n(Cc3ccccc3F)c2c1. The highest BCUT2D eigenvalue weighted by Crippen LogP contribution is 2.42. The van der Waals surface area contributed by atoms with Crippen LogP contribution in [0.1, 0.15) is 32.6 Å². The summed E-state index contributed by atoms with van der Waals surface area (Å²) in [6.45, 7) is 0.0980. The zero-order chi connectivity index (χ0) is 32.9. The van der Waals surface area contributed by atoms with Crippen LogP contribution in [0, 0.1) is 5.82 Å². The van der Waals surface area contributed by atoms with Gasteiger partial charge in [-0.05, 0) is 77.2 Å². The van der Waals surface area contributed by atoms with Crippen molar-refractivity contribution in [1.82, 2.24) is 19.8 Å². The van der Waals surface area contributed by atoms with E-state index in [9.17, 15) is 30.8 Å². The van der Waals surface area contributed by atoms with E-state index in [4.69, 9.17) is 4.98 Å². The van der Waals surface area contributed by atoms with Crippen molar-refractivity contribution in [2.24, 2.45) is 0 Å². The van der Waals surface area contributed by atoms with E-state index in [1.165, 1.54) is 23.8 Å². The van der Waals surface area contributed by atoms with Crippen LogP contribution in [-0.2, 0) is 29.2 Å². The van der Waals surface area contributed by atoms with Gasteiger partial charge in [0.1, 0.15) is 11.6 Å². The number of sulfonamides is 1. The van der Waals surface area contributed by atoms with Gasteiger partial charge in [0.05, 0.1) is 28.0 Å². The van der Waals surface area contributed by atoms with Gasteiger partial charge in [0.25, 0.3) is 15.9 Å². The van der Waals surface area contributed by atoms with Crippen LogP contribution >= 0.6 is 0 Å². The van der Waals surface area contributed by atoms with Crippen LogP contribution in [0.25, 0.3) is 33.5 Å². The summed E-state index contributed by atoms with van der Waals surface area (Å²) in [5.41, 5.74) is 7.98. The number of hydrogen-bond acceptors (Lipinski definition) is 4. The minimum absolute atomic E-state index is 0.0690. The predicted octanol–water partition coefficient (Wildman–Crippen LogP) is 7.10. The van der Waals surface area contributed by atoms with E-state index in [-0.39, 0.29) is 12.1 Å². The van der Waals surface area contributed by atoms with Crippen LogP contribution in [0.15, 0.2) is 114 Å². The number of rotatable bonds is 7. The highest BCUT2D eigenvalue weighted by Gasteiger charge is 2.31. The van der Waals surface area contributed by atoms with Gasteiger partial charge in [0.15, 0.2) is 0 Å². The Hall–Kier alpha value is -5.33. The van der Waals surface area contributed by atoms with Crippen LogP contribution in [0.3, 0.4) is 0 Å². The van der Waals surface area contributed by atoms with Gasteiger partial charge in [0, 0.05) is 16.7 Å². The number of fused-ring (bicyclic) bond motifs is 4. The van der Waals surface area contributed by atoms with E-state index < -0.39 is 38.4 Å². The minimum atomic E-state index is -4.63. The molecule has 0 bridgehead atoms. The Morgan fingerprint density at radius 2 is 1.53 bits per heavy atom. The van der Waals surface area contributed by atoms with Crippen molar-refractivity contribution >= 4 is 27.0 Å². The molecule has 1 heterocycles. The van der Waals surface area contributed by atoms with Crippen LogP contribution < -0.4 is 10.3 Å². The van der Waals surface area contributed by atoms with Gasteiger partial charge in [0.2, 0.25) is 0 Å². The van der Waals surface area contributed by atoms with E-state index >= 15 is 0 Å². The minimum Gasteiger partial charge on any atom is -0.319 e. The van der Waals surface area contributed by atoms with Crippen LogP contribution in [0.4, 0.5) is 17.6 Å². The average molecular weight is 657 g/mol. The zero-order valence-electron chi connectivity index (χ0n) is 24.3. The van der Waals surface area contributed by atoms with Gasteiger partial charge < -0.3 is 4.57 Å². The highest BCUT2D eigenvalue weighted by atomic mass is 32.2. The number of hydrogen-bond donors (Lipinski definition) is 2. The Morgan fingerprint density at radius 1 is 0.830 bits per heavy atom. The number of halogens is 4. The van der Waals surface area contributed by atoms with Crippen molar-refractivity contribution in [3.63, 3.8) is 0 Å². The lowest BCUT2D eigenvalue weighted by Crippen LogP contribution is -2.41. The van der Waals surface area contributed by atoms with E-state index in [2.05, 4.69) is 23.6 Å². The summed E-state index contributed by atoms with van der Waals surface area (Å²) in [6.07, 6.45) is -3.94. The number of aromatic nitrogens is 2. The van der Waals surface area contributed by atoms with Crippen molar-refractivity contribution in [1.29, 1.82) is 0 Å². The molecule has 12 heteroatoms. The first-order valence-electron chi connectivity index (χ1n) is 14.4. The molecule has 0 aliphatic heterocycles. The molecule has 0 fully saturated rings. The second-order valence-electron chi connectivity index (χ2n) is 11.1. The lowest BCUT2D eigenvalue weighted by Gasteiger charge is -2.14. The molecule has 1 aliphatic carbocycles. The van der Waals surface area contributed by atoms with Crippen molar-refractivity contribution < 1.29 is 30.8 Å². The molecule has 2 N–H and O–H groups in total. The van der Waals surface area contributed by atoms with Gasteiger partial charge >= 0.3 is 6.18 Å². The monoisotopic (exact) mass is 656 g/mol. The third-order valence-electron chi connectivity index (χ3n) is 8.18. The number of nitrogens with zero attached hydrogens (tertiary/aromatic N) is 2. The van der Waals surface area contributed by atoms with Crippen molar-refractivity contribution in [2.45, 2.75) is 24.0 Å². The van der Waals surface area contributed by atoms with Gasteiger partial charge in [-0.3, -0.25) is 10.2 Å². The third kappa shape index (κ3) is 5.66. The van der Waals surface area contributed by atoms with Gasteiger partial charge in [-0.1, -0.05) is 60.7 Å². The molecule has 0 saturated carbocycles. The zero-order valence-corrected chi connectivity index (χ0v) is 25.2. The van der Waals surface area contributed by atoms with Gasteiger partial charge in [-0.15, -0.1) is 4.83 Å². The fourth-order valence-electron chi connectivity index (χ4n) is 5.86. The lowest BCUT2D eigenvalue weighted by molar-refractivity contribution is -0.137. The summed E-state index contributed by atoms with van der Waals surface area (Å²) >= 11 is 0. The molecule has 0 radical (unpaired) electrons. The predicted molar refractivity (Wildman–Crippen MR) is 168 cm³/mol. The molecule has 7 rings (SSSR count). The number of imidazole rings is 1. The maximum Gasteiger partial charge on any atom is 0.416 e. The van der Waals surface area contributed by atoms with Crippen molar-refractivity contribution in [2.75, 3.05) is 0 Å². The molecule has 47 heavy (non-hydrogen) atoms. The molecule has 236 valence electrons. The maximum absolute atomic E-state index is 14.9. The van der Waals surface area contributed by atoms with Crippen molar-refractivity contribution in [3.8, 4) is 22.5 Å². The van der Waals surface area contributed by atoms with E-state index in [0.29, 0.717) is 41.0 Å². The number of carbonyl (C=O) groups is 1. The molecule has 0 unspecified atom stereocenters. The Labute approximate surface area is 266 Å². The van der Waals surface area contributed by atoms with Crippen molar-refractivity contribution in [3.05, 3.63) is 143 Å². The number of alkyl halides is 3. The lowest BCUT2D eigenvalue weighted by atomic mass is 10.0. The molecule has 6 aromatic rings. The Balaban J connectivity index is 1.24. The summed E-state index contributed by atoms with van der Waals surface area (Å²) < 4.78 is 80.9. The molecule has 0 saturated heterocycles. The number of amides is 1. The Kier molecular flexibility index (Phi) is 7.41. The highest BCUT2D eigenvalue weighted by molar-refractivity contribution is 7.89. The fourth-order valence-corrected chi connectivity index (χ4v) is 6.70. The number of hydrazine groups is 1. The normalized spacial score (nSPS) is 12.6. The molecular weight excluding hydrogens is 632 g/mol. The number of nitrogens with one attached hydrogen (secondary N) is 2. The van der Waals surface area contributed by atoms with E-state index in [1.807, 2.05) is 33.7 Å².